The number of aryl methyl sites for hydroxylation is 2. The molecule has 5 rings (SSSR count). The zero-order valence-electron chi connectivity index (χ0n) is 36.9. The van der Waals surface area contributed by atoms with Gasteiger partial charge in [-0.3, -0.25) is 24.0 Å². The molecule has 0 spiro atoms. The van der Waals surface area contributed by atoms with Crippen LogP contribution in [0.15, 0.2) is 72.8 Å². The van der Waals surface area contributed by atoms with E-state index in [9.17, 15) is 29.1 Å². The van der Waals surface area contributed by atoms with Gasteiger partial charge in [0.15, 0.2) is 0 Å². The summed E-state index contributed by atoms with van der Waals surface area (Å²) in [7, 11) is 1.42. The molecule has 0 radical (unpaired) electrons. The van der Waals surface area contributed by atoms with Crippen molar-refractivity contribution in [2.45, 2.75) is 84.0 Å². The fourth-order valence-corrected chi connectivity index (χ4v) is 7.73. The number of carbonyl (C=O) groups excluding carboxylic acids is 5. The van der Waals surface area contributed by atoms with Crippen LogP contribution in [0.5, 0.6) is 11.5 Å². The van der Waals surface area contributed by atoms with Crippen LogP contribution in [-0.4, -0.2) is 91.0 Å². The molecule has 15 heteroatoms. The highest BCUT2D eigenvalue weighted by Crippen LogP contribution is 2.40. The van der Waals surface area contributed by atoms with Crippen molar-refractivity contribution >= 4 is 29.5 Å². The Morgan fingerprint density at radius 2 is 1.60 bits per heavy atom. The summed E-state index contributed by atoms with van der Waals surface area (Å²) in [6, 6.07) is 18.6. The minimum absolute atomic E-state index is 0.00314. The molecule has 1 unspecified atom stereocenters. The molecular weight excluding hydrogens is 801 g/mol. The van der Waals surface area contributed by atoms with Gasteiger partial charge in [-0.05, 0) is 102 Å². The van der Waals surface area contributed by atoms with Gasteiger partial charge in [0.1, 0.15) is 48.8 Å². The zero-order valence-corrected chi connectivity index (χ0v) is 36.9. The first-order valence-corrected chi connectivity index (χ1v) is 20.9. The molecule has 4 atom stereocenters. The van der Waals surface area contributed by atoms with E-state index in [0.717, 1.165) is 11.1 Å². The second-order valence-electron chi connectivity index (χ2n) is 16.9. The van der Waals surface area contributed by atoms with Crippen molar-refractivity contribution in [1.82, 2.24) is 26.2 Å². The summed E-state index contributed by atoms with van der Waals surface area (Å²) in [6.07, 6.45) is 0.00376. The molecule has 1 heterocycles. The lowest BCUT2D eigenvalue weighted by Crippen LogP contribution is -2.56. The molecule has 1 aliphatic rings. The third-order valence-electron chi connectivity index (χ3n) is 11.1. The largest absolute Gasteiger partial charge is 0.507 e. The molecule has 0 aliphatic carbocycles. The number of carbonyl (C=O) groups is 5. The van der Waals surface area contributed by atoms with E-state index < -0.39 is 53.7 Å². The molecule has 15 nitrogen and oxygen atoms in total. The van der Waals surface area contributed by atoms with E-state index >= 15 is 0 Å². The van der Waals surface area contributed by atoms with Gasteiger partial charge in [-0.25, -0.2) is 0 Å². The molecule has 9 N–H and O–H groups in total. The number of nitrogens with two attached hydrogens (primary N) is 2. The summed E-state index contributed by atoms with van der Waals surface area (Å²) < 4.78 is 5.99. The minimum Gasteiger partial charge on any atom is -0.507 e. The Balaban J connectivity index is 1.53. The SMILES string of the molecule is Cc1cc(-c2ccc(C(C)(C)C)cc2)cc(C)c1C(=O)NC(CCN)C(=O)N(C)[C@@H]1C(=O)N[C@@H](C)C(=O)N[C@H](C(=O)NCC#N)Cc2ccc(O)c(c2)-c2cc1ccc2OCCN. The van der Waals surface area contributed by atoms with E-state index in [-0.39, 0.29) is 61.4 Å². The molecule has 4 aromatic rings. The summed E-state index contributed by atoms with van der Waals surface area (Å²) in [4.78, 5) is 71.2. The highest BCUT2D eigenvalue weighted by atomic mass is 16.5. The third kappa shape index (κ3) is 11.2. The van der Waals surface area contributed by atoms with Gasteiger partial charge in [-0.15, -0.1) is 0 Å². The number of phenolic OH excluding ortho intramolecular Hbond substituents is 1. The Morgan fingerprint density at radius 1 is 0.921 bits per heavy atom. The molecule has 5 amide bonds. The van der Waals surface area contributed by atoms with E-state index in [1.54, 1.807) is 30.3 Å². The molecule has 0 saturated heterocycles. The first kappa shape index (κ1) is 47.3. The lowest BCUT2D eigenvalue weighted by atomic mass is 9.86. The Kier molecular flexibility index (Phi) is 15.3. The Labute approximate surface area is 368 Å². The van der Waals surface area contributed by atoms with Crippen LogP contribution >= 0.6 is 0 Å². The summed E-state index contributed by atoms with van der Waals surface area (Å²) in [5.74, 6) is -3.07. The van der Waals surface area contributed by atoms with E-state index in [0.29, 0.717) is 33.6 Å². The molecule has 1 aliphatic heterocycles. The van der Waals surface area contributed by atoms with Crippen LogP contribution in [0.4, 0.5) is 0 Å². The number of fused-ring (bicyclic) bond motifs is 5. The number of rotatable bonds is 12. The summed E-state index contributed by atoms with van der Waals surface area (Å²) in [5.41, 5.74) is 18.2. The van der Waals surface area contributed by atoms with Crippen molar-refractivity contribution in [2.75, 3.05) is 33.3 Å². The summed E-state index contributed by atoms with van der Waals surface area (Å²) in [6.45, 7) is 11.6. The maximum Gasteiger partial charge on any atom is 0.252 e. The Bertz CT molecular complexity index is 2380. The van der Waals surface area contributed by atoms with Crippen molar-refractivity contribution in [1.29, 1.82) is 5.26 Å². The molecule has 0 aromatic heterocycles. The van der Waals surface area contributed by atoms with Crippen LogP contribution in [0.1, 0.15) is 78.3 Å². The zero-order chi connectivity index (χ0) is 46.2. The molecule has 4 bridgehead atoms. The number of amides is 5. The number of ether oxygens (including phenoxy) is 1. The van der Waals surface area contributed by atoms with Crippen LogP contribution in [-0.2, 0) is 31.0 Å². The number of phenols is 1. The van der Waals surface area contributed by atoms with E-state index in [1.807, 2.05) is 32.0 Å². The molecule has 63 heavy (non-hydrogen) atoms. The monoisotopic (exact) mass is 858 g/mol. The number of likely N-dealkylation sites (N-methyl/N-ethyl adjacent to an activating group) is 1. The van der Waals surface area contributed by atoms with E-state index in [4.69, 9.17) is 21.5 Å². The van der Waals surface area contributed by atoms with Crippen LogP contribution < -0.4 is 37.5 Å². The molecule has 4 aromatic carbocycles. The fraction of sp³-hybridized carbons (Fsp3) is 0.375. The van der Waals surface area contributed by atoms with Gasteiger partial charge < -0.3 is 47.5 Å². The number of nitriles is 1. The average Bonchev–Trinajstić information content (AvgIpc) is 3.24. The maximum absolute atomic E-state index is 14.6. The van der Waals surface area contributed by atoms with Crippen LogP contribution in [0.2, 0.25) is 0 Å². The van der Waals surface area contributed by atoms with Crippen molar-refractivity contribution in [3.63, 3.8) is 0 Å². The van der Waals surface area contributed by atoms with Gasteiger partial charge >= 0.3 is 0 Å². The number of benzene rings is 4. The third-order valence-corrected chi connectivity index (χ3v) is 11.1. The standard InChI is InChI=1S/C48H58N8O7/c1-27-22-33(31-9-12-34(13-10-31)48(4,5)6)23-28(2)41(27)45(60)54-37(16-17-49)47(62)56(7)42-32-11-15-40(63-21-19-51)36(26-32)35-24-30(8-14-39(35)57)25-38(44(59)52-20-18-50)55-43(58)29(3)53-46(42)61/h8-15,22-24,26,29,37-38,42,57H,16-17,19-21,25,49,51H2,1-7H3,(H,52,59)(H,53,61)(H,54,60)(H,55,58)/t29-,37?,38-,42-/m0/s1. The number of nitrogens with zero attached hydrogens (tertiary/aromatic N) is 2. The predicted octanol–water partition coefficient (Wildman–Crippen LogP) is 3.81. The highest BCUT2D eigenvalue weighted by Gasteiger charge is 2.36. The summed E-state index contributed by atoms with van der Waals surface area (Å²) >= 11 is 0. The topological polar surface area (TPSA) is 242 Å². The van der Waals surface area contributed by atoms with Crippen LogP contribution in [0.3, 0.4) is 0 Å². The van der Waals surface area contributed by atoms with Gasteiger partial charge in [-0.2, -0.15) is 5.26 Å². The van der Waals surface area contributed by atoms with Gasteiger partial charge in [0.2, 0.25) is 23.6 Å². The van der Waals surface area contributed by atoms with E-state index in [1.165, 1.54) is 30.5 Å². The number of aromatic hydroxyl groups is 1. The Morgan fingerprint density at radius 3 is 2.22 bits per heavy atom. The smallest absolute Gasteiger partial charge is 0.252 e. The normalized spacial score (nSPS) is 16.9. The van der Waals surface area contributed by atoms with E-state index in [2.05, 4.69) is 66.3 Å². The van der Waals surface area contributed by atoms with Gasteiger partial charge in [0, 0.05) is 36.7 Å². The van der Waals surface area contributed by atoms with Crippen molar-refractivity contribution < 1.29 is 33.8 Å². The minimum atomic E-state index is -1.40. The van der Waals surface area contributed by atoms with Crippen molar-refractivity contribution in [2.24, 2.45) is 11.5 Å². The lowest BCUT2D eigenvalue weighted by molar-refractivity contribution is -0.141. The maximum atomic E-state index is 14.6. The van der Waals surface area contributed by atoms with Crippen molar-refractivity contribution in [3.8, 4) is 39.8 Å². The second-order valence-corrected chi connectivity index (χ2v) is 16.9. The predicted molar refractivity (Wildman–Crippen MR) is 240 cm³/mol. The van der Waals surface area contributed by atoms with Gasteiger partial charge in [-0.1, -0.05) is 69.3 Å². The Hall–Kier alpha value is -6.76. The van der Waals surface area contributed by atoms with Crippen LogP contribution in [0, 0.1) is 25.2 Å². The van der Waals surface area contributed by atoms with Crippen LogP contribution in [0.25, 0.3) is 22.3 Å². The quantitative estimate of drug-likeness (QED) is 0.102. The van der Waals surface area contributed by atoms with Gasteiger partial charge in [0.05, 0.1) is 6.07 Å². The fourth-order valence-electron chi connectivity index (χ4n) is 7.73. The highest BCUT2D eigenvalue weighted by molar-refractivity contribution is 6.01. The number of hydrogen-bond acceptors (Lipinski definition) is 10. The lowest BCUT2D eigenvalue weighted by Gasteiger charge is -2.32. The number of nitrogens with one attached hydrogen (secondary N) is 4. The van der Waals surface area contributed by atoms with Crippen molar-refractivity contribution in [3.05, 3.63) is 106 Å². The first-order valence-electron chi connectivity index (χ1n) is 20.9. The second kappa shape index (κ2) is 20.4. The van der Waals surface area contributed by atoms with Gasteiger partial charge in [0.25, 0.3) is 5.91 Å². The summed E-state index contributed by atoms with van der Waals surface area (Å²) in [5, 5.41) is 31.0. The molecule has 0 fully saturated rings. The first-order chi connectivity index (χ1) is 29.9. The molecule has 0 saturated carbocycles. The number of hydrogen-bond donors (Lipinski definition) is 7. The molecular formula is C48H58N8O7. The molecule has 332 valence electrons. The average molecular weight is 859 g/mol.